The minimum Gasteiger partial charge on any atom is -0.354 e. The number of anilines is 1. The van der Waals surface area contributed by atoms with Crippen LogP contribution in [0.5, 0.6) is 0 Å². The first-order valence-corrected chi connectivity index (χ1v) is 6.25. The van der Waals surface area contributed by atoms with Crippen molar-refractivity contribution in [3.63, 3.8) is 0 Å². The van der Waals surface area contributed by atoms with Gasteiger partial charge in [0.05, 0.1) is 0 Å². The Morgan fingerprint density at radius 3 is 2.33 bits per heavy atom. The summed E-state index contributed by atoms with van der Waals surface area (Å²) in [5, 5.41) is 0. The maximum absolute atomic E-state index is 13.6. The van der Waals surface area contributed by atoms with Crippen LogP contribution in [0.2, 0.25) is 0 Å². The number of hydrogen-bond acceptors (Lipinski definition) is 2. The van der Waals surface area contributed by atoms with E-state index in [4.69, 9.17) is 0 Å². The van der Waals surface area contributed by atoms with Crippen LogP contribution >= 0.6 is 0 Å². The zero-order valence-corrected chi connectivity index (χ0v) is 10.6. The molecular weight excluding hydrogens is 241 g/mol. The molecule has 0 N–H and O–H groups in total. The summed E-state index contributed by atoms with van der Waals surface area (Å²) < 4.78 is 39.4. The van der Waals surface area contributed by atoms with E-state index in [0.717, 1.165) is 12.8 Å². The van der Waals surface area contributed by atoms with Gasteiger partial charge in [-0.1, -0.05) is 13.8 Å². The first kappa shape index (κ1) is 13.2. The molecule has 0 aliphatic carbocycles. The third-order valence-electron chi connectivity index (χ3n) is 3.65. The summed E-state index contributed by atoms with van der Waals surface area (Å²) in [5.41, 5.74) is 0. The molecule has 2 heterocycles. The minimum atomic E-state index is -1.24. The van der Waals surface area contributed by atoms with Crippen molar-refractivity contribution in [1.82, 2.24) is 4.98 Å². The van der Waals surface area contributed by atoms with Crippen LogP contribution in [0.1, 0.15) is 26.7 Å². The van der Waals surface area contributed by atoms with E-state index >= 15 is 0 Å². The Labute approximate surface area is 105 Å². The van der Waals surface area contributed by atoms with E-state index in [0.29, 0.717) is 31.0 Å². The number of nitrogens with zero attached hydrogens (tertiary/aromatic N) is 2. The van der Waals surface area contributed by atoms with Gasteiger partial charge in [0.2, 0.25) is 0 Å². The molecule has 1 saturated heterocycles. The summed E-state index contributed by atoms with van der Waals surface area (Å²) in [4.78, 5) is 5.07. The number of pyridine rings is 1. The van der Waals surface area contributed by atoms with E-state index in [-0.39, 0.29) is 5.82 Å². The molecule has 0 atom stereocenters. The molecule has 1 fully saturated rings. The van der Waals surface area contributed by atoms with Crippen molar-refractivity contribution in [3.05, 3.63) is 23.6 Å². The van der Waals surface area contributed by atoms with Gasteiger partial charge in [0.15, 0.2) is 17.5 Å². The molecule has 1 aromatic heterocycles. The molecule has 0 bridgehead atoms. The minimum absolute atomic E-state index is 0.0730. The first-order chi connectivity index (χ1) is 8.49. The monoisotopic (exact) mass is 258 g/mol. The van der Waals surface area contributed by atoms with Crippen molar-refractivity contribution in [2.45, 2.75) is 26.7 Å². The van der Waals surface area contributed by atoms with Gasteiger partial charge in [-0.2, -0.15) is 9.37 Å². The molecule has 18 heavy (non-hydrogen) atoms. The smallest absolute Gasteiger partial charge is 0.251 e. The van der Waals surface area contributed by atoms with Gasteiger partial charge >= 0.3 is 0 Å². The fourth-order valence-electron chi connectivity index (χ4n) is 2.43. The highest BCUT2D eigenvalue weighted by molar-refractivity contribution is 5.40. The maximum Gasteiger partial charge on any atom is 0.251 e. The van der Waals surface area contributed by atoms with Crippen LogP contribution in [-0.4, -0.2) is 18.1 Å². The molecule has 0 spiro atoms. The standard InChI is InChI=1S/C13H17F3N2/c1-8(2)9-3-5-18(6-4-9)13-11(15)7-10(14)12(16)17-13/h7-9H,3-6H2,1-2H3. The molecule has 2 rings (SSSR count). The highest BCUT2D eigenvalue weighted by Crippen LogP contribution is 2.28. The van der Waals surface area contributed by atoms with Crippen molar-refractivity contribution in [1.29, 1.82) is 0 Å². The van der Waals surface area contributed by atoms with Crippen LogP contribution in [0, 0.1) is 29.4 Å². The van der Waals surface area contributed by atoms with Crippen LogP contribution < -0.4 is 4.90 Å². The third kappa shape index (κ3) is 2.60. The van der Waals surface area contributed by atoms with Gasteiger partial charge in [0.1, 0.15) is 0 Å². The van der Waals surface area contributed by atoms with Crippen molar-refractivity contribution in [3.8, 4) is 0 Å². The maximum atomic E-state index is 13.6. The Hall–Kier alpha value is -1.26. The fraction of sp³-hybridized carbons (Fsp3) is 0.615. The number of piperidine rings is 1. The fourth-order valence-corrected chi connectivity index (χ4v) is 2.43. The van der Waals surface area contributed by atoms with Gasteiger partial charge in [0, 0.05) is 19.2 Å². The second-order valence-corrected chi connectivity index (χ2v) is 5.13. The number of hydrogen-bond donors (Lipinski definition) is 0. The highest BCUT2D eigenvalue weighted by Gasteiger charge is 2.25. The Morgan fingerprint density at radius 1 is 1.17 bits per heavy atom. The molecule has 0 unspecified atom stereocenters. The molecule has 0 radical (unpaired) electrons. The summed E-state index contributed by atoms with van der Waals surface area (Å²) in [6, 6.07) is 0.562. The van der Waals surface area contributed by atoms with Crippen LogP contribution in [-0.2, 0) is 0 Å². The van der Waals surface area contributed by atoms with Crippen molar-refractivity contribution in [2.24, 2.45) is 11.8 Å². The van der Waals surface area contributed by atoms with Gasteiger partial charge < -0.3 is 4.90 Å². The van der Waals surface area contributed by atoms with Crippen LogP contribution in [0.3, 0.4) is 0 Å². The highest BCUT2D eigenvalue weighted by atomic mass is 19.2. The molecule has 0 aromatic carbocycles. The average molecular weight is 258 g/mol. The summed E-state index contributed by atoms with van der Waals surface area (Å²) in [7, 11) is 0. The molecule has 0 amide bonds. The Bertz CT molecular complexity index is 426. The van der Waals surface area contributed by atoms with Gasteiger partial charge in [-0.3, -0.25) is 0 Å². The second-order valence-electron chi connectivity index (χ2n) is 5.13. The van der Waals surface area contributed by atoms with E-state index in [1.54, 1.807) is 4.90 Å². The van der Waals surface area contributed by atoms with E-state index in [9.17, 15) is 13.2 Å². The summed E-state index contributed by atoms with van der Waals surface area (Å²) in [6.07, 6.45) is 1.86. The lowest BCUT2D eigenvalue weighted by Gasteiger charge is -2.34. The molecule has 100 valence electrons. The van der Waals surface area contributed by atoms with Gasteiger partial charge in [0.25, 0.3) is 5.95 Å². The molecular formula is C13H17F3N2. The van der Waals surface area contributed by atoms with Crippen molar-refractivity contribution >= 4 is 5.82 Å². The summed E-state index contributed by atoms with van der Waals surface area (Å²) in [6.45, 7) is 5.60. The second kappa shape index (κ2) is 5.16. The molecule has 1 aromatic rings. The van der Waals surface area contributed by atoms with E-state index in [1.165, 1.54) is 0 Å². The lowest BCUT2D eigenvalue weighted by atomic mass is 9.87. The van der Waals surface area contributed by atoms with E-state index < -0.39 is 17.6 Å². The van der Waals surface area contributed by atoms with E-state index in [1.807, 2.05) is 0 Å². The topological polar surface area (TPSA) is 16.1 Å². The molecule has 0 saturated carbocycles. The number of halogens is 3. The Kier molecular flexibility index (Phi) is 3.78. The molecule has 1 aliphatic rings. The number of aromatic nitrogens is 1. The summed E-state index contributed by atoms with van der Waals surface area (Å²) in [5.74, 6) is -2.15. The molecule has 1 aliphatic heterocycles. The number of rotatable bonds is 2. The largest absolute Gasteiger partial charge is 0.354 e. The normalized spacial score (nSPS) is 17.6. The summed E-state index contributed by atoms with van der Waals surface area (Å²) >= 11 is 0. The van der Waals surface area contributed by atoms with Crippen LogP contribution in [0.25, 0.3) is 0 Å². The quantitative estimate of drug-likeness (QED) is 0.756. The van der Waals surface area contributed by atoms with E-state index in [2.05, 4.69) is 18.8 Å². The first-order valence-electron chi connectivity index (χ1n) is 6.25. The Morgan fingerprint density at radius 2 is 1.78 bits per heavy atom. The average Bonchev–Trinajstić information content (AvgIpc) is 2.34. The molecule has 2 nitrogen and oxygen atoms in total. The van der Waals surface area contributed by atoms with Gasteiger partial charge in [-0.15, -0.1) is 0 Å². The zero-order valence-electron chi connectivity index (χ0n) is 10.6. The van der Waals surface area contributed by atoms with Gasteiger partial charge in [-0.05, 0) is 24.7 Å². The van der Waals surface area contributed by atoms with Crippen molar-refractivity contribution < 1.29 is 13.2 Å². The van der Waals surface area contributed by atoms with Crippen molar-refractivity contribution in [2.75, 3.05) is 18.0 Å². The third-order valence-corrected chi connectivity index (χ3v) is 3.65. The predicted molar refractivity (Wildman–Crippen MR) is 63.9 cm³/mol. The zero-order chi connectivity index (χ0) is 13.3. The van der Waals surface area contributed by atoms with Crippen LogP contribution in [0.15, 0.2) is 6.07 Å². The lowest BCUT2D eigenvalue weighted by molar-refractivity contribution is 0.309. The SMILES string of the molecule is CC(C)C1CCN(c2nc(F)c(F)cc2F)CC1. The van der Waals surface area contributed by atoms with Crippen LogP contribution in [0.4, 0.5) is 19.0 Å². The van der Waals surface area contributed by atoms with Gasteiger partial charge in [-0.25, -0.2) is 8.78 Å². The molecule has 5 heteroatoms. The Balaban J connectivity index is 2.12. The lowest BCUT2D eigenvalue weighted by Crippen LogP contribution is -2.36. The predicted octanol–water partition coefficient (Wildman–Crippen LogP) is 3.37.